The smallest absolute Gasteiger partial charge is 0.265 e. The molecule has 1 aromatic carbocycles. The molecule has 130 valence electrons. The molecule has 1 saturated heterocycles. The molecule has 1 atom stereocenters. The molecule has 25 heavy (non-hydrogen) atoms. The first-order chi connectivity index (χ1) is 11.8. The monoisotopic (exact) mass is 359 g/mol. The molecule has 0 bridgehead atoms. The van der Waals surface area contributed by atoms with Crippen LogP contribution < -0.4 is 15.2 Å². The average molecular weight is 359 g/mol. The standard InChI is InChI=1S/C17H16N2O5S/c1-3-8-19-15(21)13(14(20)18-17(19)25)9-11-4-6-12(7-5-11)24-10(2)16(22)23/h3-7,9-10H,1,8H2,2H3,(H,22,23)(H,18,20,25)/p-1/b13-9+/t10-/m0/s1. The first-order valence-corrected chi connectivity index (χ1v) is 7.71. The summed E-state index contributed by atoms with van der Waals surface area (Å²) in [5.41, 5.74) is 0.505. The zero-order chi connectivity index (χ0) is 18.6. The van der Waals surface area contributed by atoms with Crippen LogP contribution in [0.15, 0.2) is 42.5 Å². The van der Waals surface area contributed by atoms with Gasteiger partial charge < -0.3 is 14.6 Å². The molecule has 1 aliphatic rings. The number of rotatable bonds is 6. The van der Waals surface area contributed by atoms with Gasteiger partial charge in [-0.15, -0.1) is 6.58 Å². The number of nitrogens with zero attached hydrogens (tertiary/aromatic N) is 1. The topological polar surface area (TPSA) is 98.8 Å². The van der Waals surface area contributed by atoms with E-state index in [1.165, 1.54) is 36.1 Å². The normalized spacial score (nSPS) is 17.2. The molecule has 0 spiro atoms. The number of carboxylic acids is 1. The van der Waals surface area contributed by atoms with E-state index in [-0.39, 0.29) is 17.2 Å². The summed E-state index contributed by atoms with van der Waals surface area (Å²) in [5.74, 6) is -2.09. The molecule has 1 aliphatic heterocycles. The van der Waals surface area contributed by atoms with Crippen molar-refractivity contribution >= 4 is 41.2 Å². The number of carbonyl (C=O) groups excluding carboxylic acids is 3. The molecule has 1 N–H and O–H groups in total. The minimum atomic E-state index is -1.33. The Kier molecular flexibility index (Phi) is 5.66. The quantitative estimate of drug-likeness (QED) is 0.333. The number of benzene rings is 1. The second-order valence-electron chi connectivity index (χ2n) is 5.17. The third-order valence-corrected chi connectivity index (χ3v) is 3.66. The number of nitrogens with one attached hydrogen (secondary N) is 1. The maximum Gasteiger partial charge on any atom is 0.265 e. The third-order valence-electron chi connectivity index (χ3n) is 3.33. The fraction of sp³-hybridized carbons (Fsp3) is 0.176. The fourth-order valence-electron chi connectivity index (χ4n) is 2.05. The number of ether oxygens (including phenoxy) is 1. The van der Waals surface area contributed by atoms with Crippen molar-refractivity contribution in [3.8, 4) is 5.75 Å². The van der Waals surface area contributed by atoms with Crippen LogP contribution >= 0.6 is 12.2 Å². The summed E-state index contributed by atoms with van der Waals surface area (Å²) in [6.07, 6.45) is 1.83. The Hall–Kier alpha value is -3.00. The average Bonchev–Trinajstić information content (AvgIpc) is 2.56. The van der Waals surface area contributed by atoms with Crippen LogP contribution in [0.1, 0.15) is 12.5 Å². The Morgan fingerprint density at radius 3 is 2.60 bits per heavy atom. The highest BCUT2D eigenvalue weighted by molar-refractivity contribution is 7.80. The van der Waals surface area contributed by atoms with Crippen molar-refractivity contribution in [2.75, 3.05) is 6.54 Å². The molecule has 0 radical (unpaired) electrons. The summed E-state index contributed by atoms with van der Waals surface area (Å²) >= 11 is 4.97. The summed E-state index contributed by atoms with van der Waals surface area (Å²) in [4.78, 5) is 36.3. The van der Waals surface area contributed by atoms with Gasteiger partial charge in [0.1, 0.15) is 17.4 Å². The second-order valence-corrected chi connectivity index (χ2v) is 5.56. The van der Waals surface area contributed by atoms with E-state index in [1.54, 1.807) is 12.1 Å². The molecular formula is C17H15N2O5S-. The SMILES string of the molecule is C=CCN1C(=O)/C(=C/c2ccc(O[C@@H](C)C(=O)[O-])cc2)C(=O)NC1=S. The summed E-state index contributed by atoms with van der Waals surface area (Å²) in [7, 11) is 0. The Balaban J connectivity index is 2.22. The van der Waals surface area contributed by atoms with Gasteiger partial charge in [-0.1, -0.05) is 18.2 Å². The lowest BCUT2D eigenvalue weighted by atomic mass is 10.1. The van der Waals surface area contributed by atoms with E-state index in [9.17, 15) is 19.5 Å². The summed E-state index contributed by atoms with van der Waals surface area (Å²) in [5, 5.41) is 13.2. The van der Waals surface area contributed by atoms with Gasteiger partial charge in [0.15, 0.2) is 5.11 Å². The van der Waals surface area contributed by atoms with Gasteiger partial charge in [0.25, 0.3) is 11.8 Å². The molecule has 0 aromatic heterocycles. The van der Waals surface area contributed by atoms with Crippen molar-refractivity contribution in [2.24, 2.45) is 0 Å². The zero-order valence-corrected chi connectivity index (χ0v) is 14.2. The molecule has 1 fully saturated rings. The zero-order valence-electron chi connectivity index (χ0n) is 13.4. The molecular weight excluding hydrogens is 344 g/mol. The predicted octanol–water partition coefficient (Wildman–Crippen LogP) is 0.0165. The lowest BCUT2D eigenvalue weighted by Gasteiger charge is -2.27. The highest BCUT2D eigenvalue weighted by atomic mass is 32.1. The predicted molar refractivity (Wildman–Crippen MR) is 92.2 cm³/mol. The van der Waals surface area contributed by atoms with Crippen LogP contribution in [0.3, 0.4) is 0 Å². The maximum atomic E-state index is 12.4. The van der Waals surface area contributed by atoms with Crippen LogP contribution in [0.4, 0.5) is 0 Å². The number of carboxylic acid groups (broad SMARTS) is 1. The minimum Gasteiger partial charge on any atom is -0.546 e. The van der Waals surface area contributed by atoms with Crippen LogP contribution in [-0.4, -0.2) is 40.4 Å². The number of aliphatic carboxylic acids is 1. The molecule has 8 heteroatoms. The molecule has 2 rings (SSSR count). The van der Waals surface area contributed by atoms with Crippen molar-refractivity contribution in [3.05, 3.63) is 48.1 Å². The van der Waals surface area contributed by atoms with Gasteiger partial charge in [0, 0.05) is 6.54 Å². The van der Waals surface area contributed by atoms with Gasteiger partial charge in [-0.25, -0.2) is 0 Å². The summed E-state index contributed by atoms with van der Waals surface area (Å²) < 4.78 is 5.16. The van der Waals surface area contributed by atoms with Crippen LogP contribution in [0, 0.1) is 0 Å². The highest BCUT2D eigenvalue weighted by Gasteiger charge is 2.32. The van der Waals surface area contributed by atoms with E-state index in [2.05, 4.69) is 11.9 Å². The van der Waals surface area contributed by atoms with E-state index in [4.69, 9.17) is 17.0 Å². The van der Waals surface area contributed by atoms with E-state index >= 15 is 0 Å². The van der Waals surface area contributed by atoms with E-state index in [0.29, 0.717) is 11.3 Å². The number of hydrogen-bond acceptors (Lipinski definition) is 6. The van der Waals surface area contributed by atoms with Crippen molar-refractivity contribution < 1.29 is 24.2 Å². The first kappa shape index (κ1) is 18.3. The van der Waals surface area contributed by atoms with Crippen molar-refractivity contribution in [1.29, 1.82) is 0 Å². The molecule has 0 unspecified atom stereocenters. The Morgan fingerprint density at radius 2 is 2.04 bits per heavy atom. The molecule has 0 saturated carbocycles. The van der Waals surface area contributed by atoms with E-state index in [1.807, 2.05) is 0 Å². The van der Waals surface area contributed by atoms with Gasteiger partial charge in [-0.2, -0.15) is 0 Å². The molecule has 1 aromatic rings. The van der Waals surface area contributed by atoms with Crippen molar-refractivity contribution in [2.45, 2.75) is 13.0 Å². The molecule has 7 nitrogen and oxygen atoms in total. The highest BCUT2D eigenvalue weighted by Crippen LogP contribution is 2.18. The number of carbonyl (C=O) groups is 3. The molecule has 0 aliphatic carbocycles. The second kappa shape index (κ2) is 7.71. The van der Waals surface area contributed by atoms with E-state index < -0.39 is 23.9 Å². The first-order valence-electron chi connectivity index (χ1n) is 7.31. The summed E-state index contributed by atoms with van der Waals surface area (Å²) in [6, 6.07) is 6.25. The Bertz CT molecular complexity index is 770. The lowest BCUT2D eigenvalue weighted by Crippen LogP contribution is -2.53. The van der Waals surface area contributed by atoms with Gasteiger partial charge in [0.2, 0.25) is 0 Å². The lowest BCUT2D eigenvalue weighted by molar-refractivity contribution is -0.312. The van der Waals surface area contributed by atoms with Gasteiger partial charge in [-0.3, -0.25) is 19.8 Å². The van der Waals surface area contributed by atoms with Gasteiger partial charge >= 0.3 is 0 Å². The fourth-order valence-corrected chi connectivity index (χ4v) is 2.30. The van der Waals surface area contributed by atoms with Crippen LogP contribution in [0.25, 0.3) is 6.08 Å². The third kappa shape index (κ3) is 4.30. The number of hydrogen-bond donors (Lipinski definition) is 1. The van der Waals surface area contributed by atoms with Crippen molar-refractivity contribution in [1.82, 2.24) is 10.2 Å². The van der Waals surface area contributed by atoms with Gasteiger partial charge in [0.05, 0.1) is 5.97 Å². The molecule has 2 amide bonds. The largest absolute Gasteiger partial charge is 0.546 e. The van der Waals surface area contributed by atoms with E-state index in [0.717, 1.165) is 0 Å². The number of amides is 2. The van der Waals surface area contributed by atoms with Crippen LogP contribution in [0.5, 0.6) is 5.75 Å². The van der Waals surface area contributed by atoms with Crippen molar-refractivity contribution in [3.63, 3.8) is 0 Å². The minimum absolute atomic E-state index is 0.0343. The Labute approximate surface area is 149 Å². The van der Waals surface area contributed by atoms with Crippen LogP contribution in [0.2, 0.25) is 0 Å². The summed E-state index contributed by atoms with van der Waals surface area (Å²) in [6.45, 7) is 5.09. The molecule has 1 heterocycles. The maximum absolute atomic E-state index is 12.4. The number of thiocarbonyl (C=S) groups is 1. The van der Waals surface area contributed by atoms with Gasteiger partial charge in [-0.05, 0) is 42.9 Å². The van der Waals surface area contributed by atoms with Crippen LogP contribution in [-0.2, 0) is 14.4 Å². The Morgan fingerprint density at radius 1 is 1.40 bits per heavy atom.